The van der Waals surface area contributed by atoms with E-state index in [0.29, 0.717) is 0 Å². The molecule has 1 rings (SSSR count). The summed E-state index contributed by atoms with van der Waals surface area (Å²) in [6.45, 7) is 2.17. The lowest BCUT2D eigenvalue weighted by atomic mass is 10.0. The van der Waals surface area contributed by atoms with Crippen LogP contribution in [0, 0.1) is 0 Å². The van der Waals surface area contributed by atoms with Crippen LogP contribution in [0.25, 0.3) is 0 Å². The second-order valence-corrected chi connectivity index (χ2v) is 4.37. The molecule has 0 saturated carbocycles. The third-order valence-corrected chi connectivity index (χ3v) is 2.84. The Morgan fingerprint density at radius 3 is 2.56 bits per heavy atom. The van der Waals surface area contributed by atoms with Crippen LogP contribution < -0.4 is 0 Å². The highest BCUT2D eigenvalue weighted by Gasteiger charge is 2.14. The minimum absolute atomic E-state index is 0.119. The molecule has 0 bridgehead atoms. The van der Waals surface area contributed by atoms with Crippen LogP contribution in [0.1, 0.15) is 37.3 Å². The molecule has 0 spiro atoms. The van der Waals surface area contributed by atoms with Gasteiger partial charge >= 0.3 is 5.97 Å². The number of esters is 1. The molecule has 0 radical (unpaired) electrons. The Bertz CT molecular complexity index is 410. The first kappa shape index (κ1) is 14.4. The van der Waals surface area contributed by atoms with Gasteiger partial charge in [0.15, 0.2) is 0 Å². The summed E-state index contributed by atoms with van der Waals surface area (Å²) in [7, 11) is 1.22. The highest BCUT2D eigenvalue weighted by molar-refractivity contribution is 6.34. The number of carbonyl (C=O) groups excluding carboxylic acids is 2. The molecule has 0 fully saturated rings. The lowest BCUT2D eigenvalue weighted by molar-refractivity contribution is -0.151. The van der Waals surface area contributed by atoms with Crippen molar-refractivity contribution in [2.45, 2.75) is 39.0 Å². The number of Topliss-reactive ketones (excluding diaryl/α,β-unsaturated/α-hetero) is 1. The van der Waals surface area contributed by atoms with Gasteiger partial charge in [-0.15, -0.1) is 0 Å². The molecule has 18 heavy (non-hydrogen) atoms. The van der Waals surface area contributed by atoms with Crippen molar-refractivity contribution in [3.8, 4) is 0 Å². The smallest absolute Gasteiger partial charge is 0.374 e. The highest BCUT2D eigenvalue weighted by Crippen LogP contribution is 2.10. The van der Waals surface area contributed by atoms with Crippen LogP contribution in [0.5, 0.6) is 0 Å². The number of methoxy groups -OCH3 is 1. The van der Waals surface area contributed by atoms with Gasteiger partial charge in [-0.2, -0.15) is 0 Å². The molecule has 0 unspecified atom stereocenters. The Morgan fingerprint density at radius 1 is 1.17 bits per heavy atom. The Morgan fingerprint density at radius 2 is 1.89 bits per heavy atom. The van der Waals surface area contributed by atoms with Gasteiger partial charge in [0, 0.05) is 6.42 Å². The van der Waals surface area contributed by atoms with Gasteiger partial charge in [0.05, 0.1) is 7.11 Å². The second-order valence-electron chi connectivity index (χ2n) is 4.37. The third-order valence-electron chi connectivity index (χ3n) is 2.84. The number of rotatable bonds is 7. The highest BCUT2D eigenvalue weighted by atomic mass is 16.5. The van der Waals surface area contributed by atoms with Gasteiger partial charge in [-0.1, -0.05) is 44.0 Å². The molecule has 0 heterocycles. The number of carbonyl (C=O) groups is 2. The first-order valence-corrected chi connectivity index (χ1v) is 6.36. The maximum atomic E-state index is 11.4. The summed E-state index contributed by atoms with van der Waals surface area (Å²) in [6.07, 6.45) is 4.71. The summed E-state index contributed by atoms with van der Waals surface area (Å²) in [5, 5.41) is 0. The first-order chi connectivity index (χ1) is 8.67. The topological polar surface area (TPSA) is 43.4 Å². The molecule has 98 valence electrons. The zero-order chi connectivity index (χ0) is 13.4. The minimum Gasteiger partial charge on any atom is -0.463 e. The van der Waals surface area contributed by atoms with E-state index in [-0.39, 0.29) is 6.42 Å². The summed E-state index contributed by atoms with van der Waals surface area (Å²) in [4.78, 5) is 22.5. The normalized spacial score (nSPS) is 10.1. The van der Waals surface area contributed by atoms with Gasteiger partial charge < -0.3 is 4.74 Å². The van der Waals surface area contributed by atoms with Gasteiger partial charge in [-0.25, -0.2) is 4.79 Å². The van der Waals surface area contributed by atoms with Gasteiger partial charge in [-0.3, -0.25) is 4.79 Å². The molecule has 0 atom stereocenters. The van der Waals surface area contributed by atoms with Crippen molar-refractivity contribution >= 4 is 11.8 Å². The van der Waals surface area contributed by atoms with Crippen molar-refractivity contribution < 1.29 is 14.3 Å². The third kappa shape index (κ3) is 4.70. The molecule has 0 aliphatic heterocycles. The van der Waals surface area contributed by atoms with E-state index in [1.54, 1.807) is 0 Å². The largest absolute Gasteiger partial charge is 0.463 e. The molecule has 0 aromatic heterocycles. The summed E-state index contributed by atoms with van der Waals surface area (Å²) >= 11 is 0. The predicted octanol–water partition coefficient (Wildman–Crippen LogP) is 2.70. The summed E-state index contributed by atoms with van der Waals surface area (Å²) in [5.74, 6) is -1.27. The van der Waals surface area contributed by atoms with Crippen LogP contribution >= 0.6 is 0 Å². The monoisotopic (exact) mass is 248 g/mol. The number of benzene rings is 1. The fourth-order valence-corrected chi connectivity index (χ4v) is 1.85. The molecule has 0 aliphatic carbocycles. The van der Waals surface area contributed by atoms with Crippen LogP contribution in [0.3, 0.4) is 0 Å². The van der Waals surface area contributed by atoms with Gasteiger partial charge in [0.25, 0.3) is 0 Å². The van der Waals surface area contributed by atoms with Crippen LogP contribution in [-0.2, 0) is 27.2 Å². The lowest BCUT2D eigenvalue weighted by Gasteiger charge is -2.04. The van der Waals surface area contributed by atoms with Crippen molar-refractivity contribution in [1.82, 2.24) is 0 Å². The number of ether oxygens (including phenoxy) is 1. The van der Waals surface area contributed by atoms with E-state index >= 15 is 0 Å². The van der Waals surface area contributed by atoms with E-state index in [0.717, 1.165) is 18.4 Å². The predicted molar refractivity (Wildman–Crippen MR) is 70.4 cm³/mol. The number of hydrogen-bond acceptors (Lipinski definition) is 3. The van der Waals surface area contributed by atoms with Gasteiger partial charge in [0.1, 0.15) is 0 Å². The van der Waals surface area contributed by atoms with Crippen molar-refractivity contribution in [1.29, 1.82) is 0 Å². The standard InChI is InChI=1S/C15H20O3/c1-3-4-5-7-12-8-6-9-13(10-12)11-14(16)15(17)18-2/h6,8-10H,3-5,7,11H2,1-2H3. The summed E-state index contributed by atoms with van der Waals surface area (Å²) < 4.78 is 4.41. The Hall–Kier alpha value is -1.64. The zero-order valence-corrected chi connectivity index (χ0v) is 11.1. The zero-order valence-electron chi connectivity index (χ0n) is 11.1. The van der Waals surface area contributed by atoms with Gasteiger partial charge in [0.2, 0.25) is 5.78 Å². The second kappa shape index (κ2) is 7.64. The van der Waals surface area contributed by atoms with E-state index in [9.17, 15) is 9.59 Å². The van der Waals surface area contributed by atoms with E-state index < -0.39 is 11.8 Å². The SMILES string of the molecule is CCCCCc1cccc(CC(=O)C(=O)OC)c1. The van der Waals surface area contributed by atoms with Crippen LogP contribution in [0.2, 0.25) is 0 Å². The Labute approximate surface area is 108 Å². The van der Waals surface area contributed by atoms with Crippen LogP contribution in [0.15, 0.2) is 24.3 Å². The molecule has 0 saturated heterocycles. The number of aryl methyl sites for hydroxylation is 1. The van der Waals surface area contributed by atoms with E-state index in [4.69, 9.17) is 0 Å². The molecular formula is C15H20O3. The molecule has 1 aromatic carbocycles. The van der Waals surface area contributed by atoms with E-state index in [2.05, 4.69) is 17.7 Å². The number of unbranched alkanes of at least 4 members (excludes halogenated alkanes) is 2. The van der Waals surface area contributed by atoms with Crippen molar-refractivity contribution in [3.63, 3.8) is 0 Å². The van der Waals surface area contributed by atoms with Crippen molar-refractivity contribution in [3.05, 3.63) is 35.4 Å². The number of hydrogen-bond donors (Lipinski definition) is 0. The fourth-order valence-electron chi connectivity index (χ4n) is 1.85. The van der Waals surface area contributed by atoms with Crippen LogP contribution in [0.4, 0.5) is 0 Å². The van der Waals surface area contributed by atoms with Crippen LogP contribution in [-0.4, -0.2) is 18.9 Å². The minimum atomic E-state index is -0.772. The van der Waals surface area contributed by atoms with Crippen molar-refractivity contribution in [2.75, 3.05) is 7.11 Å². The average molecular weight is 248 g/mol. The molecule has 0 amide bonds. The Balaban J connectivity index is 2.59. The first-order valence-electron chi connectivity index (χ1n) is 6.36. The van der Waals surface area contributed by atoms with E-state index in [1.165, 1.54) is 25.5 Å². The molecule has 1 aromatic rings. The maximum Gasteiger partial charge on any atom is 0.374 e. The lowest BCUT2D eigenvalue weighted by Crippen LogP contribution is -2.17. The summed E-state index contributed by atoms with van der Waals surface area (Å²) in [6, 6.07) is 7.85. The molecule has 3 nitrogen and oxygen atoms in total. The van der Waals surface area contributed by atoms with Gasteiger partial charge in [-0.05, 0) is 24.0 Å². The number of ketones is 1. The quantitative estimate of drug-likeness (QED) is 0.423. The Kier molecular flexibility index (Phi) is 6.12. The molecular weight excluding hydrogens is 228 g/mol. The molecule has 0 N–H and O–H groups in total. The summed E-state index contributed by atoms with van der Waals surface area (Å²) in [5.41, 5.74) is 2.10. The van der Waals surface area contributed by atoms with Crippen molar-refractivity contribution in [2.24, 2.45) is 0 Å². The molecule has 3 heteroatoms. The molecule has 0 aliphatic rings. The maximum absolute atomic E-state index is 11.4. The van der Waals surface area contributed by atoms with E-state index in [1.807, 2.05) is 18.2 Å². The fraction of sp³-hybridized carbons (Fsp3) is 0.467. The average Bonchev–Trinajstić information content (AvgIpc) is 2.38.